The van der Waals surface area contributed by atoms with Gasteiger partial charge in [0.05, 0.1) is 13.2 Å². The Balaban J connectivity index is -0.000000344. The predicted molar refractivity (Wildman–Crippen MR) is 180 cm³/mol. The Bertz CT molecular complexity index is 554. The molecule has 0 fully saturated rings. The number of aliphatic hydroxyl groups is 2. The Labute approximate surface area is 291 Å². The second kappa shape index (κ2) is 42.1. The van der Waals surface area contributed by atoms with E-state index >= 15 is 0 Å². The van der Waals surface area contributed by atoms with Gasteiger partial charge in [0.25, 0.3) is 0 Å². The van der Waals surface area contributed by atoms with Gasteiger partial charge in [-0.25, -0.2) is 9.13 Å². The van der Waals surface area contributed by atoms with E-state index in [2.05, 4.69) is 32.0 Å². The molecular formula is C32H72O9P2Zr. The van der Waals surface area contributed by atoms with Crippen LogP contribution in [0.15, 0.2) is 0 Å². The van der Waals surface area contributed by atoms with E-state index in [9.17, 15) is 18.9 Å². The molecule has 0 aromatic rings. The van der Waals surface area contributed by atoms with E-state index in [0.717, 1.165) is 64.2 Å². The van der Waals surface area contributed by atoms with Gasteiger partial charge in [-0.3, -0.25) is 9.05 Å². The fraction of sp³-hybridized carbons (Fsp3) is 1.00. The van der Waals surface area contributed by atoms with Crippen LogP contribution in [0.3, 0.4) is 0 Å². The zero-order valence-corrected chi connectivity index (χ0v) is 33.3. The third-order valence-corrected chi connectivity index (χ3v) is 9.40. The summed E-state index contributed by atoms with van der Waals surface area (Å²) in [5.74, 6) is 0. The summed E-state index contributed by atoms with van der Waals surface area (Å²) < 4.78 is 37.1. The molecule has 0 aliphatic rings. The molecule has 0 rings (SSSR count). The maximum absolute atomic E-state index is 11.7. The van der Waals surface area contributed by atoms with Gasteiger partial charge in [-0.1, -0.05) is 156 Å². The molecule has 2 atom stereocenters. The number of hydrogen-bond acceptors (Lipinski definition) is 7. The van der Waals surface area contributed by atoms with Gasteiger partial charge in [-0.05, 0) is 25.7 Å². The van der Waals surface area contributed by atoms with Crippen molar-refractivity contribution in [1.82, 2.24) is 0 Å². The molecule has 4 N–H and O–H groups in total. The predicted octanol–water partition coefficient (Wildman–Crippen LogP) is 10.6. The van der Waals surface area contributed by atoms with Crippen molar-refractivity contribution in [3.05, 3.63) is 0 Å². The van der Waals surface area contributed by atoms with Crippen LogP contribution in [-0.4, -0.2) is 46.4 Å². The normalized spacial score (nSPS) is 13.5. The van der Waals surface area contributed by atoms with Gasteiger partial charge in [0.2, 0.25) is 0 Å². The molecule has 44 heavy (non-hydrogen) atoms. The number of rotatable bonds is 30. The van der Waals surface area contributed by atoms with E-state index in [1.54, 1.807) is 0 Å². The topological polar surface area (TPSA) is 143 Å². The first-order chi connectivity index (χ1) is 20.7. The first-order valence-corrected chi connectivity index (χ1v) is 20.5. The van der Waals surface area contributed by atoms with E-state index in [1.165, 1.54) is 77.0 Å². The van der Waals surface area contributed by atoms with Gasteiger partial charge in [0, 0.05) is 39.4 Å². The molecule has 2 unspecified atom stereocenters. The molecule has 0 heterocycles. The maximum atomic E-state index is 11.7. The number of phosphoric ester groups is 2. The summed E-state index contributed by atoms with van der Waals surface area (Å²) >= 11 is 0. The SMILES string of the molecule is CCCCCCCCO.CCCCCCCCO.CCCCCCCCOP(=O)(O)OP(=O)(O)OCCCCCCCC.[Zr]. The van der Waals surface area contributed by atoms with Gasteiger partial charge in [-0.2, -0.15) is 4.31 Å². The summed E-state index contributed by atoms with van der Waals surface area (Å²) in [4.78, 5) is 19.0. The van der Waals surface area contributed by atoms with Gasteiger partial charge in [0.15, 0.2) is 0 Å². The molecule has 0 aliphatic carbocycles. The molecule has 0 radical (unpaired) electrons. The van der Waals surface area contributed by atoms with Crippen molar-refractivity contribution in [2.75, 3.05) is 26.4 Å². The fourth-order valence-electron chi connectivity index (χ4n) is 4.09. The number of phosphoric acid groups is 2. The molecule has 12 heteroatoms. The minimum absolute atomic E-state index is 0. The fourth-order valence-corrected chi connectivity index (χ4v) is 6.23. The van der Waals surface area contributed by atoms with E-state index in [-0.39, 0.29) is 39.4 Å². The van der Waals surface area contributed by atoms with Crippen molar-refractivity contribution in [3.8, 4) is 0 Å². The van der Waals surface area contributed by atoms with E-state index in [0.29, 0.717) is 26.1 Å². The Kier molecular flexibility index (Phi) is 49.6. The number of hydrogen-bond donors (Lipinski definition) is 4. The number of unbranched alkanes of at least 4 members (excludes halogenated alkanes) is 20. The molecule has 0 aromatic carbocycles. The molecule has 0 bridgehead atoms. The molecule has 0 spiro atoms. The van der Waals surface area contributed by atoms with Crippen molar-refractivity contribution in [3.63, 3.8) is 0 Å². The van der Waals surface area contributed by atoms with Crippen molar-refractivity contribution in [2.45, 2.75) is 182 Å². The smallest absolute Gasteiger partial charge is 0.396 e. The number of aliphatic hydroxyl groups excluding tert-OH is 2. The third kappa shape index (κ3) is 49.9. The average molecular weight is 754 g/mol. The minimum Gasteiger partial charge on any atom is -0.396 e. The molecule has 0 saturated carbocycles. The van der Waals surface area contributed by atoms with Gasteiger partial charge in [-0.15, -0.1) is 0 Å². The first-order valence-electron chi connectivity index (χ1n) is 17.5. The van der Waals surface area contributed by atoms with Crippen LogP contribution >= 0.6 is 15.6 Å². The van der Waals surface area contributed by atoms with Crippen LogP contribution in [0.2, 0.25) is 0 Å². The Morgan fingerprint density at radius 3 is 0.886 bits per heavy atom. The van der Waals surface area contributed by atoms with E-state index in [1.807, 2.05) is 0 Å². The maximum Gasteiger partial charge on any atom is 0.481 e. The summed E-state index contributed by atoms with van der Waals surface area (Å²) in [5.41, 5.74) is 0. The van der Waals surface area contributed by atoms with Crippen LogP contribution in [0, 0.1) is 0 Å². The molecule has 0 aliphatic heterocycles. The molecule has 0 aromatic heterocycles. The minimum atomic E-state index is -4.58. The van der Waals surface area contributed by atoms with Crippen molar-refractivity contribution in [2.24, 2.45) is 0 Å². The standard InChI is InChI=1S/C16H36O7P2.2C8H18O.Zr/c1-3-5-7-9-11-13-15-21-24(17,18)23-25(19,20)22-16-14-12-10-8-6-4-2;2*1-2-3-4-5-6-7-8-9;/h3-16H2,1-2H3,(H,17,18)(H,19,20);2*9H,2-8H2,1H3;. The van der Waals surface area contributed by atoms with E-state index in [4.69, 9.17) is 19.3 Å². The Morgan fingerprint density at radius 2 is 0.636 bits per heavy atom. The largest absolute Gasteiger partial charge is 0.481 e. The van der Waals surface area contributed by atoms with Crippen LogP contribution in [0.5, 0.6) is 0 Å². The van der Waals surface area contributed by atoms with Crippen molar-refractivity contribution in [1.29, 1.82) is 0 Å². The molecule has 0 saturated heterocycles. The Morgan fingerprint density at radius 1 is 0.409 bits per heavy atom. The molecule has 268 valence electrons. The summed E-state index contributed by atoms with van der Waals surface area (Å²) in [6.45, 7) is 9.44. The summed E-state index contributed by atoms with van der Waals surface area (Å²) in [7, 11) is -9.17. The van der Waals surface area contributed by atoms with Crippen LogP contribution in [0.1, 0.15) is 182 Å². The molecule has 9 nitrogen and oxygen atoms in total. The second-order valence-corrected chi connectivity index (χ2v) is 14.2. The zero-order valence-electron chi connectivity index (χ0n) is 29.0. The second-order valence-electron chi connectivity index (χ2n) is 11.2. The van der Waals surface area contributed by atoms with E-state index < -0.39 is 15.6 Å². The molecular weight excluding hydrogens is 682 g/mol. The average Bonchev–Trinajstić information content (AvgIpc) is 2.96. The summed E-state index contributed by atoms with van der Waals surface area (Å²) in [5, 5.41) is 16.8. The monoisotopic (exact) mass is 752 g/mol. The van der Waals surface area contributed by atoms with Crippen LogP contribution in [-0.2, 0) is 48.7 Å². The van der Waals surface area contributed by atoms with Crippen molar-refractivity contribution >= 4 is 15.6 Å². The van der Waals surface area contributed by atoms with Crippen LogP contribution in [0.25, 0.3) is 0 Å². The third-order valence-electron chi connectivity index (χ3n) is 6.73. The Hall–Kier alpha value is 1.06. The van der Waals surface area contributed by atoms with Gasteiger partial charge in [0.1, 0.15) is 0 Å². The van der Waals surface area contributed by atoms with Crippen LogP contribution in [0.4, 0.5) is 0 Å². The molecule has 0 amide bonds. The van der Waals surface area contributed by atoms with Crippen LogP contribution < -0.4 is 0 Å². The summed E-state index contributed by atoms with van der Waals surface area (Å²) in [6, 6.07) is 0. The van der Waals surface area contributed by atoms with Crippen molar-refractivity contribution < 1.29 is 68.7 Å². The van der Waals surface area contributed by atoms with Gasteiger partial charge >= 0.3 is 15.6 Å². The quantitative estimate of drug-likeness (QED) is 0.0416. The van der Waals surface area contributed by atoms with Gasteiger partial charge < -0.3 is 20.0 Å². The zero-order chi connectivity index (χ0) is 32.9. The summed E-state index contributed by atoms with van der Waals surface area (Å²) in [6.07, 6.45) is 26.9. The first kappa shape index (κ1) is 51.9.